The molecular formula is C15H23NO3S. The van der Waals surface area contributed by atoms with Gasteiger partial charge >= 0.3 is 0 Å². The molecule has 0 saturated heterocycles. The Kier molecular flexibility index (Phi) is 5.18. The SMILES string of the molecule is CC(CS(=O)(=O)NCC1CCC(O)C1)c1ccccc1. The normalized spacial score (nSPS) is 24.7. The Balaban J connectivity index is 1.84. The summed E-state index contributed by atoms with van der Waals surface area (Å²) in [6, 6.07) is 9.67. The van der Waals surface area contributed by atoms with Crippen molar-refractivity contribution in [2.24, 2.45) is 5.92 Å². The second-order valence-corrected chi connectivity index (χ2v) is 7.63. The average molecular weight is 297 g/mol. The van der Waals surface area contributed by atoms with Gasteiger partial charge in [0.05, 0.1) is 11.9 Å². The Morgan fingerprint density at radius 1 is 1.30 bits per heavy atom. The highest BCUT2D eigenvalue weighted by molar-refractivity contribution is 7.89. The lowest BCUT2D eigenvalue weighted by atomic mass is 10.0. The number of hydrogen-bond acceptors (Lipinski definition) is 3. The van der Waals surface area contributed by atoms with E-state index in [0.717, 1.165) is 18.4 Å². The molecule has 2 rings (SSSR count). The summed E-state index contributed by atoms with van der Waals surface area (Å²) >= 11 is 0. The van der Waals surface area contributed by atoms with Crippen LogP contribution >= 0.6 is 0 Å². The van der Waals surface area contributed by atoms with Gasteiger partial charge in [-0.3, -0.25) is 0 Å². The van der Waals surface area contributed by atoms with Crippen LogP contribution in [-0.4, -0.2) is 31.9 Å². The van der Waals surface area contributed by atoms with E-state index >= 15 is 0 Å². The first-order chi connectivity index (χ1) is 9.46. The monoisotopic (exact) mass is 297 g/mol. The predicted octanol–water partition coefficient (Wildman–Crippen LogP) is 1.87. The highest BCUT2D eigenvalue weighted by Gasteiger charge is 2.25. The molecule has 1 saturated carbocycles. The fourth-order valence-electron chi connectivity index (χ4n) is 2.74. The minimum atomic E-state index is -3.27. The van der Waals surface area contributed by atoms with Gasteiger partial charge < -0.3 is 5.11 Å². The van der Waals surface area contributed by atoms with E-state index < -0.39 is 10.0 Å². The number of sulfonamides is 1. The van der Waals surface area contributed by atoms with Gasteiger partial charge in [-0.25, -0.2) is 13.1 Å². The van der Waals surface area contributed by atoms with Crippen molar-refractivity contribution in [3.05, 3.63) is 35.9 Å². The molecule has 20 heavy (non-hydrogen) atoms. The lowest BCUT2D eigenvalue weighted by Crippen LogP contribution is -2.32. The lowest BCUT2D eigenvalue weighted by molar-refractivity contribution is 0.178. The topological polar surface area (TPSA) is 66.4 Å². The number of rotatable bonds is 6. The van der Waals surface area contributed by atoms with Crippen molar-refractivity contribution < 1.29 is 13.5 Å². The molecular weight excluding hydrogens is 274 g/mol. The highest BCUT2D eigenvalue weighted by atomic mass is 32.2. The molecule has 0 heterocycles. The second-order valence-electron chi connectivity index (χ2n) is 5.77. The molecule has 0 spiro atoms. The summed E-state index contributed by atoms with van der Waals surface area (Å²) in [7, 11) is -3.27. The van der Waals surface area contributed by atoms with Crippen molar-refractivity contribution in [3.8, 4) is 0 Å². The number of nitrogens with one attached hydrogen (secondary N) is 1. The quantitative estimate of drug-likeness (QED) is 0.842. The molecule has 1 aromatic rings. The largest absolute Gasteiger partial charge is 0.393 e. The Hall–Kier alpha value is -0.910. The third kappa shape index (κ3) is 4.58. The van der Waals surface area contributed by atoms with Crippen LogP contribution in [0, 0.1) is 5.92 Å². The van der Waals surface area contributed by atoms with E-state index in [1.807, 2.05) is 37.3 Å². The zero-order valence-electron chi connectivity index (χ0n) is 11.8. The number of hydrogen-bond donors (Lipinski definition) is 2. The van der Waals surface area contributed by atoms with Crippen molar-refractivity contribution in [1.29, 1.82) is 0 Å². The van der Waals surface area contributed by atoms with Crippen LogP contribution in [0.4, 0.5) is 0 Å². The maximum Gasteiger partial charge on any atom is 0.212 e. The van der Waals surface area contributed by atoms with Crippen molar-refractivity contribution >= 4 is 10.0 Å². The number of aliphatic hydroxyl groups is 1. The van der Waals surface area contributed by atoms with Crippen LogP contribution in [-0.2, 0) is 10.0 Å². The lowest BCUT2D eigenvalue weighted by Gasteiger charge is -2.15. The van der Waals surface area contributed by atoms with Gasteiger partial charge in [-0.2, -0.15) is 0 Å². The molecule has 4 nitrogen and oxygen atoms in total. The fraction of sp³-hybridized carbons (Fsp3) is 0.600. The third-order valence-corrected chi connectivity index (χ3v) is 5.49. The average Bonchev–Trinajstić information content (AvgIpc) is 2.83. The Morgan fingerprint density at radius 3 is 2.60 bits per heavy atom. The van der Waals surface area contributed by atoms with Crippen LogP contribution in [0.1, 0.15) is 37.7 Å². The van der Waals surface area contributed by atoms with Gasteiger partial charge in [0.2, 0.25) is 10.0 Å². The van der Waals surface area contributed by atoms with E-state index in [9.17, 15) is 13.5 Å². The van der Waals surface area contributed by atoms with Gasteiger partial charge in [-0.1, -0.05) is 37.3 Å². The summed E-state index contributed by atoms with van der Waals surface area (Å²) in [6.07, 6.45) is 2.13. The van der Waals surface area contributed by atoms with Crippen molar-refractivity contribution in [3.63, 3.8) is 0 Å². The molecule has 3 atom stereocenters. The van der Waals surface area contributed by atoms with Crippen LogP contribution in [0.25, 0.3) is 0 Å². The number of benzene rings is 1. The molecule has 0 aliphatic heterocycles. The van der Waals surface area contributed by atoms with Crippen LogP contribution in [0.15, 0.2) is 30.3 Å². The van der Waals surface area contributed by atoms with Crippen molar-refractivity contribution in [1.82, 2.24) is 4.72 Å². The summed E-state index contributed by atoms with van der Waals surface area (Å²) in [5.74, 6) is 0.349. The summed E-state index contributed by atoms with van der Waals surface area (Å²) in [5.41, 5.74) is 1.04. The summed E-state index contributed by atoms with van der Waals surface area (Å²) in [5, 5.41) is 9.45. The molecule has 112 valence electrons. The summed E-state index contributed by atoms with van der Waals surface area (Å²) in [4.78, 5) is 0. The first-order valence-electron chi connectivity index (χ1n) is 7.16. The van der Waals surface area contributed by atoms with E-state index in [2.05, 4.69) is 4.72 Å². The third-order valence-electron chi connectivity index (χ3n) is 3.94. The van der Waals surface area contributed by atoms with Gasteiger partial charge in [0.25, 0.3) is 0 Å². The zero-order valence-corrected chi connectivity index (χ0v) is 12.6. The van der Waals surface area contributed by atoms with Gasteiger partial charge in [0.15, 0.2) is 0 Å². The zero-order chi connectivity index (χ0) is 14.6. The molecule has 1 fully saturated rings. The fourth-order valence-corrected chi connectivity index (χ4v) is 4.20. The minimum absolute atomic E-state index is 0.0251. The number of aliphatic hydroxyl groups excluding tert-OH is 1. The Bertz CT molecular complexity index is 515. The maximum atomic E-state index is 12.1. The molecule has 1 aromatic carbocycles. The summed E-state index contributed by atoms with van der Waals surface area (Å²) < 4.78 is 26.8. The molecule has 0 bridgehead atoms. The van der Waals surface area contributed by atoms with Gasteiger partial charge in [0.1, 0.15) is 0 Å². The first-order valence-corrected chi connectivity index (χ1v) is 8.82. The van der Waals surface area contributed by atoms with E-state index in [-0.39, 0.29) is 23.7 Å². The summed E-state index contributed by atoms with van der Waals surface area (Å²) in [6.45, 7) is 2.37. The van der Waals surface area contributed by atoms with E-state index in [4.69, 9.17) is 0 Å². The molecule has 0 radical (unpaired) electrons. The van der Waals surface area contributed by atoms with Crippen LogP contribution < -0.4 is 4.72 Å². The molecule has 0 amide bonds. The second kappa shape index (κ2) is 6.70. The Labute approximate surface area is 121 Å². The first kappa shape index (κ1) is 15.5. The van der Waals surface area contributed by atoms with E-state index in [0.29, 0.717) is 13.0 Å². The van der Waals surface area contributed by atoms with Gasteiger partial charge in [-0.05, 0) is 36.7 Å². The molecule has 1 aliphatic rings. The molecule has 1 aliphatic carbocycles. The van der Waals surface area contributed by atoms with Gasteiger partial charge in [0, 0.05) is 6.54 Å². The minimum Gasteiger partial charge on any atom is -0.393 e. The van der Waals surface area contributed by atoms with Crippen LogP contribution in [0.5, 0.6) is 0 Å². The predicted molar refractivity (Wildman–Crippen MR) is 80.0 cm³/mol. The Morgan fingerprint density at radius 2 is 2.00 bits per heavy atom. The highest BCUT2D eigenvalue weighted by Crippen LogP contribution is 2.25. The van der Waals surface area contributed by atoms with Crippen LogP contribution in [0.3, 0.4) is 0 Å². The van der Waals surface area contributed by atoms with Crippen LogP contribution in [0.2, 0.25) is 0 Å². The molecule has 3 unspecified atom stereocenters. The molecule has 2 N–H and O–H groups in total. The van der Waals surface area contributed by atoms with E-state index in [1.165, 1.54) is 0 Å². The van der Waals surface area contributed by atoms with Crippen molar-refractivity contribution in [2.45, 2.75) is 38.2 Å². The smallest absolute Gasteiger partial charge is 0.212 e. The van der Waals surface area contributed by atoms with Crippen molar-refractivity contribution in [2.75, 3.05) is 12.3 Å². The molecule has 5 heteroatoms. The van der Waals surface area contributed by atoms with E-state index in [1.54, 1.807) is 0 Å². The maximum absolute atomic E-state index is 12.1. The standard InChI is InChI=1S/C15H23NO3S/c1-12(14-5-3-2-4-6-14)11-20(18,19)16-10-13-7-8-15(17)9-13/h2-6,12-13,15-17H,7-11H2,1H3. The van der Waals surface area contributed by atoms with Gasteiger partial charge in [-0.15, -0.1) is 0 Å². The molecule has 0 aromatic heterocycles.